The molecule has 1 N–H and O–H groups in total. The number of allylic oxidation sites excluding steroid dienone is 3. The van der Waals surface area contributed by atoms with Crippen molar-refractivity contribution in [2.75, 3.05) is 32.8 Å². The van der Waals surface area contributed by atoms with Crippen molar-refractivity contribution in [1.29, 1.82) is 0 Å². The Labute approximate surface area is 174 Å². The van der Waals surface area contributed by atoms with Gasteiger partial charge in [-0.1, -0.05) is 26.0 Å². The fourth-order valence-electron chi connectivity index (χ4n) is 2.41. The molecule has 158 valence electrons. The van der Waals surface area contributed by atoms with Gasteiger partial charge in [-0.2, -0.15) is 0 Å². The van der Waals surface area contributed by atoms with E-state index in [0.717, 1.165) is 22.5 Å². The maximum absolute atomic E-state index is 12.5. The minimum Gasteiger partial charge on any atom is -0.387 e. The Morgan fingerprint density at radius 2 is 2.10 bits per heavy atom. The molecule has 0 bridgehead atoms. The molecule has 0 saturated carbocycles. The summed E-state index contributed by atoms with van der Waals surface area (Å²) in [6.45, 7) is 7.77. The van der Waals surface area contributed by atoms with Crippen LogP contribution >= 0.6 is 11.3 Å². The lowest BCUT2D eigenvalue weighted by atomic mass is 10.2. The number of fused-ring (bicyclic) bond motifs is 3. The fraction of sp³-hybridized carbons (Fsp3) is 0.381. The van der Waals surface area contributed by atoms with Crippen molar-refractivity contribution in [2.45, 2.75) is 27.7 Å². The minimum absolute atomic E-state index is 0.202. The van der Waals surface area contributed by atoms with E-state index in [1.807, 2.05) is 46.0 Å². The van der Waals surface area contributed by atoms with Gasteiger partial charge >= 0.3 is 0 Å². The number of halogens is 1. The highest BCUT2D eigenvalue weighted by molar-refractivity contribution is 7.25. The number of pyridine rings is 1. The molecule has 0 unspecified atom stereocenters. The zero-order valence-electron chi connectivity index (χ0n) is 17.8. The van der Waals surface area contributed by atoms with Crippen LogP contribution in [-0.4, -0.2) is 42.0 Å². The van der Waals surface area contributed by atoms with Gasteiger partial charge in [-0.25, -0.2) is 14.4 Å². The van der Waals surface area contributed by atoms with Crippen molar-refractivity contribution in [1.82, 2.24) is 14.5 Å². The molecule has 0 aliphatic heterocycles. The number of nitrogens with one attached hydrogen (secondary N) is 1. The van der Waals surface area contributed by atoms with Gasteiger partial charge in [0.05, 0.1) is 17.5 Å². The van der Waals surface area contributed by atoms with E-state index >= 15 is 0 Å². The summed E-state index contributed by atoms with van der Waals surface area (Å²) in [5.74, 6) is 0. The standard InChI is InChI=1S/C14H13FN4OS.C5H10O.C2H6/c1-8(3-5-15)19-7-18-11-10-9(16-2)4-6-17-13(10)21-12(11)14(19)20;1-3-4-5-6-2;1-2/h3-4,6-7H,5H2,1-2H3,(H,16,17);3-4H,5H2,1-2H3;1-2H3/b8-3+;4-3-;. The van der Waals surface area contributed by atoms with Gasteiger partial charge in [0.25, 0.3) is 5.56 Å². The Hall–Kier alpha value is -2.58. The first-order chi connectivity index (χ1) is 14.1. The highest BCUT2D eigenvalue weighted by Crippen LogP contribution is 2.33. The summed E-state index contributed by atoms with van der Waals surface area (Å²) in [4.78, 5) is 22.0. The SMILES string of the molecule is C/C=C\COC.CC.CNc1ccnc2sc3c(=O)n(/C(C)=C/CF)cnc3c12. The highest BCUT2D eigenvalue weighted by atomic mass is 32.1. The number of hydrogen-bond acceptors (Lipinski definition) is 6. The molecule has 0 fully saturated rings. The molecule has 3 heterocycles. The second-order valence-corrected chi connectivity index (χ2v) is 6.51. The summed E-state index contributed by atoms with van der Waals surface area (Å²) >= 11 is 1.30. The van der Waals surface area contributed by atoms with Crippen molar-refractivity contribution in [2.24, 2.45) is 0 Å². The third-order valence-electron chi connectivity index (χ3n) is 3.80. The second-order valence-electron chi connectivity index (χ2n) is 5.51. The van der Waals surface area contributed by atoms with E-state index in [1.165, 1.54) is 28.3 Å². The van der Waals surface area contributed by atoms with Crippen LogP contribution < -0.4 is 10.9 Å². The van der Waals surface area contributed by atoms with E-state index in [9.17, 15) is 9.18 Å². The van der Waals surface area contributed by atoms with Crippen LogP contribution in [0.5, 0.6) is 0 Å². The molecule has 3 aromatic rings. The summed E-state index contributed by atoms with van der Waals surface area (Å²) in [5.41, 5.74) is 1.83. The van der Waals surface area contributed by atoms with Crippen molar-refractivity contribution in [3.63, 3.8) is 0 Å². The van der Waals surface area contributed by atoms with Gasteiger partial charge in [0.15, 0.2) is 0 Å². The number of methoxy groups -OCH3 is 1. The third-order valence-corrected chi connectivity index (χ3v) is 4.88. The number of alkyl halides is 1. The van der Waals surface area contributed by atoms with Crippen LogP contribution in [0.2, 0.25) is 0 Å². The molecule has 0 aliphatic rings. The van der Waals surface area contributed by atoms with Crippen LogP contribution in [-0.2, 0) is 4.74 Å². The Bertz CT molecular complexity index is 1020. The van der Waals surface area contributed by atoms with Crippen LogP contribution in [0.25, 0.3) is 26.1 Å². The number of thiophene rings is 1. The zero-order chi connectivity index (χ0) is 21.8. The molecule has 0 aromatic carbocycles. The number of aromatic nitrogens is 3. The number of ether oxygens (including phenoxy) is 1. The van der Waals surface area contributed by atoms with Gasteiger partial charge in [-0.3, -0.25) is 9.36 Å². The van der Waals surface area contributed by atoms with Crippen molar-refractivity contribution in [3.8, 4) is 0 Å². The Kier molecular flexibility index (Phi) is 10.8. The largest absolute Gasteiger partial charge is 0.387 e. The smallest absolute Gasteiger partial charge is 0.275 e. The van der Waals surface area contributed by atoms with E-state index in [4.69, 9.17) is 4.74 Å². The molecule has 0 radical (unpaired) electrons. The molecule has 0 spiro atoms. The summed E-state index contributed by atoms with van der Waals surface area (Å²) in [7, 11) is 3.49. The molecular formula is C21H29FN4O2S. The topological polar surface area (TPSA) is 69.0 Å². The van der Waals surface area contributed by atoms with E-state index in [1.54, 1.807) is 20.2 Å². The van der Waals surface area contributed by atoms with Crippen LogP contribution in [0.3, 0.4) is 0 Å². The first kappa shape index (κ1) is 24.5. The van der Waals surface area contributed by atoms with E-state index in [-0.39, 0.29) is 5.56 Å². The second kappa shape index (κ2) is 12.8. The Balaban J connectivity index is 0.000000454. The average molecular weight is 421 g/mol. The van der Waals surface area contributed by atoms with Crippen molar-refractivity contribution in [3.05, 3.63) is 47.2 Å². The summed E-state index contributed by atoms with van der Waals surface area (Å²) < 4.78 is 19.0. The van der Waals surface area contributed by atoms with Crippen molar-refractivity contribution < 1.29 is 9.13 Å². The lowest BCUT2D eigenvalue weighted by molar-refractivity contribution is 0.234. The molecule has 6 nitrogen and oxygen atoms in total. The van der Waals surface area contributed by atoms with Crippen LogP contribution in [0.4, 0.5) is 10.1 Å². The quantitative estimate of drug-likeness (QED) is 0.581. The zero-order valence-corrected chi connectivity index (χ0v) is 18.6. The maximum atomic E-state index is 12.5. The van der Waals surface area contributed by atoms with Gasteiger partial charge in [0.2, 0.25) is 0 Å². The minimum atomic E-state index is -0.617. The van der Waals surface area contributed by atoms with E-state index < -0.39 is 6.67 Å². The maximum Gasteiger partial charge on any atom is 0.275 e. The molecule has 3 aromatic heterocycles. The summed E-state index contributed by atoms with van der Waals surface area (Å²) in [5, 5.41) is 3.93. The Morgan fingerprint density at radius 3 is 2.66 bits per heavy atom. The predicted octanol–water partition coefficient (Wildman–Crippen LogP) is 5.11. The normalized spacial score (nSPS) is 11.2. The number of anilines is 1. The Morgan fingerprint density at radius 1 is 1.38 bits per heavy atom. The van der Waals surface area contributed by atoms with Crippen molar-refractivity contribution >= 4 is 43.2 Å². The lowest BCUT2D eigenvalue weighted by Crippen LogP contribution is -2.18. The summed E-state index contributed by atoms with van der Waals surface area (Å²) in [6, 6.07) is 1.84. The monoisotopic (exact) mass is 420 g/mol. The van der Waals surface area contributed by atoms with Crippen LogP contribution in [0.15, 0.2) is 41.6 Å². The molecule has 3 rings (SSSR count). The van der Waals surface area contributed by atoms with Gasteiger partial charge < -0.3 is 10.1 Å². The first-order valence-corrected chi connectivity index (χ1v) is 10.2. The molecule has 29 heavy (non-hydrogen) atoms. The predicted molar refractivity (Wildman–Crippen MR) is 123 cm³/mol. The number of hydrogen-bond donors (Lipinski definition) is 1. The molecule has 0 amide bonds. The molecule has 0 aliphatic carbocycles. The van der Waals surface area contributed by atoms with E-state index in [0.29, 0.717) is 15.9 Å². The van der Waals surface area contributed by atoms with Crippen LogP contribution in [0.1, 0.15) is 27.7 Å². The third kappa shape index (κ3) is 5.95. The first-order valence-electron chi connectivity index (χ1n) is 9.38. The lowest BCUT2D eigenvalue weighted by Gasteiger charge is -2.05. The molecule has 0 atom stereocenters. The molecule has 8 heteroatoms. The van der Waals surface area contributed by atoms with Crippen LogP contribution in [0, 0.1) is 0 Å². The number of rotatable bonds is 5. The highest BCUT2D eigenvalue weighted by Gasteiger charge is 2.15. The number of nitrogens with zero attached hydrogens (tertiary/aromatic N) is 3. The van der Waals surface area contributed by atoms with Gasteiger partial charge in [-0.15, -0.1) is 11.3 Å². The average Bonchev–Trinajstić information content (AvgIpc) is 3.14. The molecular weight excluding hydrogens is 391 g/mol. The van der Waals surface area contributed by atoms with Gasteiger partial charge in [0, 0.05) is 31.7 Å². The van der Waals surface area contributed by atoms with Gasteiger partial charge in [-0.05, 0) is 26.0 Å². The van der Waals surface area contributed by atoms with E-state index in [2.05, 4.69) is 15.3 Å². The molecule has 0 saturated heterocycles. The summed E-state index contributed by atoms with van der Waals surface area (Å²) in [6.07, 6.45) is 8.39. The fourth-order valence-corrected chi connectivity index (χ4v) is 3.47. The van der Waals surface area contributed by atoms with Gasteiger partial charge in [0.1, 0.15) is 22.5 Å².